The minimum Gasteiger partial charge on any atom is -0.355 e. The van der Waals surface area contributed by atoms with Crippen molar-refractivity contribution < 1.29 is 14.4 Å². The molecule has 1 saturated carbocycles. The third-order valence-electron chi connectivity index (χ3n) is 10.5. The van der Waals surface area contributed by atoms with E-state index in [1.165, 1.54) is 5.56 Å². The van der Waals surface area contributed by atoms with Crippen LogP contribution in [0.4, 0.5) is 5.69 Å². The van der Waals surface area contributed by atoms with Gasteiger partial charge >= 0.3 is 0 Å². The van der Waals surface area contributed by atoms with Gasteiger partial charge in [0, 0.05) is 54.9 Å². The number of amides is 3. The van der Waals surface area contributed by atoms with Crippen molar-refractivity contribution in [1.82, 2.24) is 15.5 Å². The fourth-order valence-electron chi connectivity index (χ4n) is 7.39. The van der Waals surface area contributed by atoms with Crippen LogP contribution in [0.2, 0.25) is 5.02 Å². The van der Waals surface area contributed by atoms with Gasteiger partial charge in [0.2, 0.25) is 11.8 Å². The Labute approximate surface area is 317 Å². The van der Waals surface area contributed by atoms with Crippen LogP contribution in [0, 0.1) is 5.92 Å². The molecule has 5 aromatic carbocycles. The molecule has 8 heteroatoms. The van der Waals surface area contributed by atoms with Crippen molar-refractivity contribution >= 4 is 35.0 Å². The van der Waals surface area contributed by atoms with Gasteiger partial charge in [0.05, 0.1) is 0 Å². The summed E-state index contributed by atoms with van der Waals surface area (Å²) < 4.78 is 0. The molecule has 0 bridgehead atoms. The van der Waals surface area contributed by atoms with Crippen molar-refractivity contribution in [2.24, 2.45) is 5.92 Å². The highest BCUT2D eigenvalue weighted by Crippen LogP contribution is 2.41. The average molecular weight is 725 g/mol. The Morgan fingerprint density at radius 2 is 1.43 bits per heavy atom. The maximum Gasteiger partial charge on any atom is 0.251 e. The molecule has 1 unspecified atom stereocenters. The zero-order chi connectivity index (χ0) is 36.7. The lowest BCUT2D eigenvalue weighted by Gasteiger charge is -2.23. The van der Waals surface area contributed by atoms with E-state index in [1.807, 2.05) is 95.9 Å². The quantitative estimate of drug-likeness (QED) is 0.0946. The molecule has 270 valence electrons. The molecule has 0 aromatic heterocycles. The largest absolute Gasteiger partial charge is 0.355 e. The highest BCUT2D eigenvalue weighted by Gasteiger charge is 2.39. The highest BCUT2D eigenvalue weighted by molar-refractivity contribution is 6.30. The summed E-state index contributed by atoms with van der Waals surface area (Å²) in [4.78, 5) is 43.9. The number of unbranched alkanes of at least 4 members (excludes halogenated alkanes) is 1. The fraction of sp³-hybridized carbons (Fsp3) is 0.267. The van der Waals surface area contributed by atoms with Crippen LogP contribution in [-0.2, 0) is 16.1 Å². The van der Waals surface area contributed by atoms with Gasteiger partial charge in [-0.2, -0.15) is 0 Å². The summed E-state index contributed by atoms with van der Waals surface area (Å²) in [6.07, 6.45) is 3.23. The van der Waals surface area contributed by atoms with E-state index in [2.05, 4.69) is 47.0 Å². The third kappa shape index (κ3) is 8.70. The van der Waals surface area contributed by atoms with Crippen molar-refractivity contribution in [3.63, 3.8) is 0 Å². The molecule has 2 aliphatic rings. The summed E-state index contributed by atoms with van der Waals surface area (Å²) in [6.45, 7) is 2.12. The van der Waals surface area contributed by atoms with Crippen LogP contribution in [0.5, 0.6) is 0 Å². The van der Waals surface area contributed by atoms with Gasteiger partial charge < -0.3 is 20.4 Å². The predicted molar refractivity (Wildman–Crippen MR) is 213 cm³/mol. The Kier molecular flexibility index (Phi) is 11.3. The van der Waals surface area contributed by atoms with Crippen LogP contribution < -0.4 is 15.5 Å². The maximum atomic E-state index is 14.1. The Morgan fingerprint density at radius 1 is 0.736 bits per heavy atom. The van der Waals surface area contributed by atoms with E-state index in [4.69, 9.17) is 11.6 Å². The molecule has 53 heavy (non-hydrogen) atoms. The number of nitrogens with one attached hydrogen (secondary N) is 2. The molecule has 7 rings (SSSR count). The lowest BCUT2D eigenvalue weighted by molar-refractivity contribution is -0.140. The minimum atomic E-state index is -0.741. The van der Waals surface area contributed by atoms with E-state index in [0.29, 0.717) is 48.6 Å². The first-order valence-corrected chi connectivity index (χ1v) is 18.9. The second-order valence-corrected chi connectivity index (χ2v) is 14.5. The monoisotopic (exact) mass is 724 g/mol. The molecule has 1 saturated heterocycles. The average Bonchev–Trinajstić information content (AvgIpc) is 3.99. The molecule has 1 aliphatic carbocycles. The van der Waals surface area contributed by atoms with E-state index < -0.39 is 5.92 Å². The van der Waals surface area contributed by atoms with E-state index in [0.717, 1.165) is 59.3 Å². The fourth-order valence-corrected chi connectivity index (χ4v) is 7.61. The van der Waals surface area contributed by atoms with Crippen LogP contribution in [0.15, 0.2) is 127 Å². The van der Waals surface area contributed by atoms with Gasteiger partial charge in [-0.1, -0.05) is 109 Å². The second kappa shape index (κ2) is 16.6. The number of carbonyl (C=O) groups is 3. The molecule has 0 spiro atoms. The van der Waals surface area contributed by atoms with Crippen molar-refractivity contribution in [3.8, 4) is 22.3 Å². The normalized spacial score (nSPS) is 18.5. The molecular weight excluding hydrogens is 680 g/mol. The lowest BCUT2D eigenvalue weighted by Crippen LogP contribution is -2.39. The van der Waals surface area contributed by atoms with Gasteiger partial charge in [-0.3, -0.25) is 14.4 Å². The number of benzene rings is 5. The van der Waals surface area contributed by atoms with E-state index in [-0.39, 0.29) is 17.7 Å². The van der Waals surface area contributed by atoms with Crippen LogP contribution >= 0.6 is 11.6 Å². The van der Waals surface area contributed by atoms with Crippen LogP contribution in [-0.4, -0.2) is 55.3 Å². The molecule has 0 radical (unpaired) electrons. The van der Waals surface area contributed by atoms with Gasteiger partial charge in [-0.05, 0) is 95.6 Å². The summed E-state index contributed by atoms with van der Waals surface area (Å²) in [5.74, 6) is -0.610. The van der Waals surface area contributed by atoms with Gasteiger partial charge in [-0.15, -0.1) is 0 Å². The lowest BCUT2D eigenvalue weighted by atomic mass is 9.98. The number of rotatable bonds is 13. The first kappa shape index (κ1) is 36.1. The van der Waals surface area contributed by atoms with Crippen molar-refractivity contribution in [3.05, 3.63) is 149 Å². The third-order valence-corrected chi connectivity index (χ3v) is 10.7. The molecule has 1 heterocycles. The minimum absolute atomic E-state index is 0.0921. The summed E-state index contributed by atoms with van der Waals surface area (Å²) in [5.41, 5.74) is 8.02. The SMILES string of the molecule is CNC(=O)c1cccc(-c2ccc([C@@H]3C[C@H]3NCCCCC3C(=O)N(Cc4cccc(Cl)c4)CCN(c4ccc(-c5ccccc5)cc4)C3=O)cc2)c1. The topological polar surface area (TPSA) is 81.8 Å². The van der Waals surface area contributed by atoms with Crippen molar-refractivity contribution in [2.45, 2.75) is 44.2 Å². The number of hydrogen-bond donors (Lipinski definition) is 2. The van der Waals surface area contributed by atoms with Gasteiger partial charge in [-0.25, -0.2) is 0 Å². The zero-order valence-electron chi connectivity index (χ0n) is 30.0. The molecular formula is C45H45ClN4O3. The highest BCUT2D eigenvalue weighted by atomic mass is 35.5. The Hall–Kier alpha value is -5.24. The maximum absolute atomic E-state index is 14.1. The van der Waals surface area contributed by atoms with E-state index >= 15 is 0 Å². The predicted octanol–water partition coefficient (Wildman–Crippen LogP) is 8.34. The van der Waals surface area contributed by atoms with Crippen LogP contribution in [0.1, 0.15) is 53.1 Å². The molecule has 5 aromatic rings. The first-order chi connectivity index (χ1) is 25.9. The van der Waals surface area contributed by atoms with Crippen LogP contribution in [0.25, 0.3) is 22.3 Å². The van der Waals surface area contributed by atoms with Crippen molar-refractivity contribution in [1.29, 1.82) is 0 Å². The second-order valence-electron chi connectivity index (χ2n) is 14.0. The summed E-state index contributed by atoms with van der Waals surface area (Å²) in [6, 6.07) is 42.5. The van der Waals surface area contributed by atoms with Crippen LogP contribution in [0.3, 0.4) is 0 Å². The molecule has 3 amide bonds. The Morgan fingerprint density at radius 3 is 2.19 bits per heavy atom. The molecule has 7 nitrogen and oxygen atoms in total. The molecule has 3 atom stereocenters. The number of halogens is 1. The molecule has 2 fully saturated rings. The summed E-state index contributed by atoms with van der Waals surface area (Å²) in [7, 11) is 1.64. The van der Waals surface area contributed by atoms with E-state index in [1.54, 1.807) is 11.9 Å². The Bertz CT molecular complexity index is 2050. The van der Waals surface area contributed by atoms with Gasteiger partial charge in [0.15, 0.2) is 0 Å². The smallest absolute Gasteiger partial charge is 0.251 e. The number of hydrogen-bond acceptors (Lipinski definition) is 4. The zero-order valence-corrected chi connectivity index (χ0v) is 30.8. The molecule has 2 N–H and O–H groups in total. The number of anilines is 1. The van der Waals surface area contributed by atoms with Gasteiger partial charge in [0.1, 0.15) is 5.92 Å². The summed E-state index contributed by atoms with van der Waals surface area (Å²) >= 11 is 6.28. The Balaban J connectivity index is 0.956. The standard InChI is InChI=1S/C45H45ClN4O3/c1-47-43(51)37-13-8-12-36(28-37)34-16-18-35(19-17-34)41-29-42(41)48-24-6-5-15-40-44(52)49(30-31-9-7-14-38(46)27-31)25-26-50(45(40)53)39-22-20-33(21-23-39)32-10-3-2-4-11-32/h2-4,7-14,16-23,27-28,40-42,48H,5-6,15,24-26,29-30H2,1H3,(H,47,51)/t40?,41-,42+/m0/s1. The first-order valence-electron chi connectivity index (χ1n) is 18.5. The van der Waals surface area contributed by atoms with E-state index in [9.17, 15) is 14.4 Å². The van der Waals surface area contributed by atoms with Crippen molar-refractivity contribution in [2.75, 3.05) is 31.6 Å². The molecule has 1 aliphatic heterocycles. The summed E-state index contributed by atoms with van der Waals surface area (Å²) in [5, 5.41) is 7.02. The number of nitrogens with zero attached hydrogens (tertiary/aromatic N) is 2. The van der Waals surface area contributed by atoms with Gasteiger partial charge in [0.25, 0.3) is 5.91 Å². The number of carbonyl (C=O) groups excluding carboxylic acids is 3.